The van der Waals surface area contributed by atoms with Crippen LogP contribution < -0.4 is 10.4 Å². The van der Waals surface area contributed by atoms with Gasteiger partial charge in [-0.05, 0) is 41.1 Å². The molecule has 107 valence electrons. The van der Waals surface area contributed by atoms with Gasteiger partial charge >= 0.3 is 11.9 Å². The Hall–Kier alpha value is -2.75. The lowest BCUT2D eigenvalue weighted by molar-refractivity contribution is 0.0600. The lowest BCUT2D eigenvalue weighted by Gasteiger charge is -1.99. The summed E-state index contributed by atoms with van der Waals surface area (Å²) in [6, 6.07) is 14.2. The molecule has 21 heavy (non-hydrogen) atoms. The molecule has 0 N–H and O–H groups in total. The van der Waals surface area contributed by atoms with Gasteiger partial charge in [0.2, 0.25) is 0 Å². The van der Waals surface area contributed by atoms with Gasteiger partial charge in [-0.2, -0.15) is 0 Å². The first-order valence-corrected chi connectivity index (χ1v) is 6.35. The minimum absolute atomic E-state index is 0.357. The quantitative estimate of drug-likeness (QED) is 0.801. The van der Waals surface area contributed by atoms with Crippen molar-refractivity contribution in [2.24, 2.45) is 0 Å². The molecule has 0 aliphatic heterocycles. The van der Waals surface area contributed by atoms with Crippen molar-refractivity contribution in [3.63, 3.8) is 0 Å². The van der Waals surface area contributed by atoms with E-state index in [4.69, 9.17) is 0 Å². The molecule has 0 atom stereocenters. The summed E-state index contributed by atoms with van der Waals surface area (Å²) in [7, 11) is 2.70. The van der Waals surface area contributed by atoms with Gasteiger partial charge in [-0.25, -0.2) is 9.90 Å². The summed E-state index contributed by atoms with van der Waals surface area (Å²) in [4.78, 5) is 11.3. The van der Waals surface area contributed by atoms with E-state index in [1.807, 2.05) is 30.3 Å². The summed E-state index contributed by atoms with van der Waals surface area (Å²) < 4.78 is 9.30. The second-order valence-electron chi connectivity index (χ2n) is 4.37. The first-order valence-electron chi connectivity index (χ1n) is 6.35. The zero-order chi connectivity index (χ0) is 15.2. The van der Waals surface area contributed by atoms with E-state index in [-0.39, 0.29) is 11.9 Å². The molecule has 4 heteroatoms. The molecule has 0 amide bonds. The van der Waals surface area contributed by atoms with Crippen molar-refractivity contribution in [2.45, 2.75) is 0 Å². The number of hydrogen-bond donors (Lipinski definition) is 0. The fraction of sp³-hybridized carbons (Fsp3) is 0.118. The first-order chi connectivity index (χ1) is 10.1. The molecule has 1 radical (unpaired) electrons. The maximum Gasteiger partial charge on any atom is 0.337 e. The van der Waals surface area contributed by atoms with Crippen molar-refractivity contribution < 1.29 is 19.4 Å². The highest BCUT2D eigenvalue weighted by molar-refractivity contribution is 5.89. The van der Waals surface area contributed by atoms with Crippen LogP contribution in [0.25, 0.3) is 12.0 Å². The lowest BCUT2D eigenvalue weighted by Crippen LogP contribution is -2.10. The SMILES string of the molecule is COC(=O)c1ccc(C=c2ccc(=C([O])OC)cc2)cc1. The van der Waals surface area contributed by atoms with E-state index in [1.165, 1.54) is 14.2 Å². The van der Waals surface area contributed by atoms with Gasteiger partial charge in [0.15, 0.2) is 0 Å². The van der Waals surface area contributed by atoms with Crippen molar-refractivity contribution in [3.05, 3.63) is 70.1 Å². The van der Waals surface area contributed by atoms with Gasteiger partial charge in [-0.1, -0.05) is 24.3 Å². The molecule has 0 aliphatic carbocycles. The molecule has 4 nitrogen and oxygen atoms in total. The van der Waals surface area contributed by atoms with E-state index < -0.39 is 0 Å². The predicted molar refractivity (Wildman–Crippen MR) is 78.1 cm³/mol. The van der Waals surface area contributed by atoms with Gasteiger partial charge in [-0.15, -0.1) is 0 Å². The van der Waals surface area contributed by atoms with Crippen LogP contribution in [0.4, 0.5) is 0 Å². The van der Waals surface area contributed by atoms with Gasteiger partial charge < -0.3 is 9.47 Å². The van der Waals surface area contributed by atoms with E-state index in [1.54, 1.807) is 24.3 Å². The normalized spacial score (nSPS) is 9.81. The monoisotopic (exact) mass is 283 g/mol. The summed E-state index contributed by atoms with van der Waals surface area (Å²) in [5.74, 6) is -0.715. The van der Waals surface area contributed by atoms with Crippen LogP contribution in [0.1, 0.15) is 15.9 Å². The molecule has 0 spiro atoms. The molecule has 0 aliphatic rings. The molecule has 0 heterocycles. The lowest BCUT2D eigenvalue weighted by atomic mass is 10.1. The van der Waals surface area contributed by atoms with Crippen LogP contribution in [0.3, 0.4) is 0 Å². The third kappa shape index (κ3) is 3.63. The van der Waals surface area contributed by atoms with Crippen LogP contribution >= 0.6 is 0 Å². The van der Waals surface area contributed by atoms with E-state index in [0.29, 0.717) is 10.8 Å². The molecular formula is C17H15O4. The highest BCUT2D eigenvalue weighted by atomic mass is 16.6. The maximum atomic E-state index is 11.3. The standard InChI is InChI=1S/C17H15O4/c1-20-16(18)14-7-3-12(4-8-14)11-13-5-9-15(10-6-13)17(19)21-2/h3-11H,1-2H3. The summed E-state index contributed by atoms with van der Waals surface area (Å²) in [6.45, 7) is 0. The summed E-state index contributed by atoms with van der Waals surface area (Å²) in [5.41, 5.74) is 1.46. The van der Waals surface area contributed by atoms with Crippen molar-refractivity contribution >= 4 is 18.0 Å². The number of carbonyl (C=O) groups is 1. The number of rotatable bonds is 3. The van der Waals surface area contributed by atoms with Gasteiger partial charge in [0.05, 0.1) is 25.0 Å². The minimum Gasteiger partial charge on any atom is -0.465 e. The van der Waals surface area contributed by atoms with Crippen molar-refractivity contribution in [2.75, 3.05) is 14.2 Å². The van der Waals surface area contributed by atoms with Crippen LogP contribution in [-0.4, -0.2) is 20.2 Å². The summed E-state index contributed by atoms with van der Waals surface area (Å²) in [6.07, 6.45) is 1.95. The Balaban J connectivity index is 2.30. The van der Waals surface area contributed by atoms with Gasteiger partial charge in [0.25, 0.3) is 0 Å². The molecule has 0 saturated carbocycles. The van der Waals surface area contributed by atoms with Gasteiger partial charge in [0.1, 0.15) is 0 Å². The van der Waals surface area contributed by atoms with Crippen LogP contribution in [0.5, 0.6) is 0 Å². The van der Waals surface area contributed by atoms with E-state index in [9.17, 15) is 9.90 Å². The highest BCUT2D eigenvalue weighted by Gasteiger charge is 2.03. The molecule has 0 fully saturated rings. The largest absolute Gasteiger partial charge is 0.465 e. The Labute approximate surface area is 122 Å². The zero-order valence-electron chi connectivity index (χ0n) is 11.8. The summed E-state index contributed by atoms with van der Waals surface area (Å²) >= 11 is 0. The zero-order valence-corrected chi connectivity index (χ0v) is 11.8. The molecule has 2 rings (SSSR count). The second-order valence-corrected chi connectivity index (χ2v) is 4.37. The summed E-state index contributed by atoms with van der Waals surface area (Å²) in [5, 5.41) is 12.8. The Morgan fingerprint density at radius 3 is 2.05 bits per heavy atom. The van der Waals surface area contributed by atoms with Gasteiger partial charge in [-0.3, -0.25) is 0 Å². The number of benzene rings is 2. The first kappa shape index (κ1) is 14.7. The van der Waals surface area contributed by atoms with Crippen molar-refractivity contribution in [3.8, 4) is 0 Å². The second kappa shape index (κ2) is 6.61. The van der Waals surface area contributed by atoms with E-state index in [2.05, 4.69) is 9.47 Å². The third-order valence-electron chi connectivity index (χ3n) is 3.00. The molecule has 2 aromatic rings. The number of hydrogen-bond acceptors (Lipinski definition) is 3. The average Bonchev–Trinajstić information content (AvgIpc) is 2.55. The third-order valence-corrected chi connectivity index (χ3v) is 3.00. The molecule has 0 saturated heterocycles. The molecule has 0 unspecified atom stereocenters. The van der Waals surface area contributed by atoms with Crippen LogP contribution in [-0.2, 0) is 14.6 Å². The Morgan fingerprint density at radius 1 is 0.905 bits per heavy atom. The number of ether oxygens (including phenoxy) is 2. The Morgan fingerprint density at radius 2 is 1.52 bits per heavy atom. The number of esters is 1. The van der Waals surface area contributed by atoms with Crippen molar-refractivity contribution in [1.82, 2.24) is 0 Å². The Bertz CT molecular complexity index is 722. The van der Waals surface area contributed by atoms with Crippen LogP contribution in [0.15, 0.2) is 48.5 Å². The van der Waals surface area contributed by atoms with Crippen molar-refractivity contribution in [1.29, 1.82) is 0 Å². The number of carbonyl (C=O) groups excluding carboxylic acids is 1. The number of methoxy groups -OCH3 is 2. The molecular weight excluding hydrogens is 268 g/mol. The minimum atomic E-state index is -0.357. The predicted octanol–water partition coefficient (Wildman–Crippen LogP) is 1.44. The highest BCUT2D eigenvalue weighted by Crippen LogP contribution is 2.06. The average molecular weight is 283 g/mol. The molecule has 2 aromatic carbocycles. The molecule has 0 aromatic heterocycles. The fourth-order valence-corrected chi connectivity index (χ4v) is 1.86. The van der Waals surface area contributed by atoms with E-state index >= 15 is 0 Å². The van der Waals surface area contributed by atoms with E-state index in [0.717, 1.165) is 10.8 Å². The van der Waals surface area contributed by atoms with Crippen LogP contribution in [0.2, 0.25) is 0 Å². The smallest absolute Gasteiger partial charge is 0.337 e. The molecule has 0 bridgehead atoms. The van der Waals surface area contributed by atoms with Gasteiger partial charge in [0, 0.05) is 0 Å². The maximum absolute atomic E-state index is 11.3. The van der Waals surface area contributed by atoms with Crippen LogP contribution in [0, 0.1) is 0 Å². The Kier molecular flexibility index (Phi) is 4.61. The fourth-order valence-electron chi connectivity index (χ4n) is 1.86. The topological polar surface area (TPSA) is 55.4 Å².